The van der Waals surface area contributed by atoms with Gasteiger partial charge in [0.25, 0.3) is 0 Å². The molecule has 0 aromatic heterocycles. The van der Waals surface area contributed by atoms with Gasteiger partial charge in [-0.25, -0.2) is 0 Å². The Hall–Kier alpha value is -2.64. The molecule has 2 atom stereocenters. The molecular weight excluding hydrogens is 312 g/mol. The summed E-state index contributed by atoms with van der Waals surface area (Å²) in [6, 6.07) is 21.6. The molecule has 0 saturated carbocycles. The third kappa shape index (κ3) is 6.40. The van der Waals surface area contributed by atoms with Gasteiger partial charge in [-0.3, -0.25) is 4.79 Å². The van der Waals surface area contributed by atoms with Crippen LogP contribution in [0.5, 0.6) is 0 Å². The number of carbonyl (C=O) groups is 1. The van der Waals surface area contributed by atoms with E-state index in [-0.39, 0.29) is 5.91 Å². The van der Waals surface area contributed by atoms with Gasteiger partial charge in [0.2, 0.25) is 5.91 Å². The Balaban J connectivity index is 1.83. The second kappa shape index (κ2) is 10.3. The molecule has 0 spiro atoms. The number of nitrogens with one attached hydrogen (secondary N) is 1. The van der Waals surface area contributed by atoms with E-state index >= 15 is 0 Å². The summed E-state index contributed by atoms with van der Waals surface area (Å²) in [6.45, 7) is 0. The summed E-state index contributed by atoms with van der Waals surface area (Å²) >= 11 is 0. The molecule has 4 nitrogen and oxygen atoms in total. The van der Waals surface area contributed by atoms with Gasteiger partial charge in [0, 0.05) is 7.11 Å². The molecule has 0 aliphatic carbocycles. The van der Waals surface area contributed by atoms with Gasteiger partial charge in [-0.15, -0.1) is 0 Å². The highest BCUT2D eigenvalue weighted by molar-refractivity contribution is 5.81. The third-order valence-electron chi connectivity index (χ3n) is 4.15. The predicted molar refractivity (Wildman–Crippen MR) is 97.9 cm³/mol. The summed E-state index contributed by atoms with van der Waals surface area (Å²) in [5.74, 6) is -0.224. The third-order valence-corrected chi connectivity index (χ3v) is 4.15. The van der Waals surface area contributed by atoms with Gasteiger partial charge in [-0.2, -0.15) is 5.26 Å². The van der Waals surface area contributed by atoms with E-state index in [0.717, 1.165) is 18.4 Å². The van der Waals surface area contributed by atoms with Gasteiger partial charge in [0.05, 0.1) is 6.07 Å². The van der Waals surface area contributed by atoms with Crippen molar-refractivity contribution in [2.75, 3.05) is 7.11 Å². The highest BCUT2D eigenvalue weighted by atomic mass is 16.5. The largest absolute Gasteiger partial charge is 0.372 e. The zero-order chi connectivity index (χ0) is 17.9. The number of hydrogen-bond donors (Lipinski definition) is 1. The summed E-state index contributed by atoms with van der Waals surface area (Å²) in [4.78, 5) is 12.4. The van der Waals surface area contributed by atoms with Crippen molar-refractivity contribution in [2.24, 2.45) is 0 Å². The highest BCUT2D eigenvalue weighted by Crippen LogP contribution is 2.09. The van der Waals surface area contributed by atoms with E-state index in [1.54, 1.807) is 0 Å². The standard InChI is InChI=1S/C21H24N2O2/c1-25-20(15-13-18-10-6-3-7-11-18)21(24)23-19(16-22)14-12-17-8-4-2-5-9-17/h2-11,19-20H,12-15H2,1H3,(H,23,24)/t19-,20+/m0/s1. The van der Waals surface area contributed by atoms with Crippen molar-refractivity contribution < 1.29 is 9.53 Å². The van der Waals surface area contributed by atoms with Crippen LogP contribution in [0.4, 0.5) is 0 Å². The molecule has 130 valence electrons. The van der Waals surface area contributed by atoms with Crippen molar-refractivity contribution in [3.05, 3.63) is 71.8 Å². The van der Waals surface area contributed by atoms with Crippen LogP contribution in [0.15, 0.2) is 60.7 Å². The molecular formula is C21H24N2O2. The quantitative estimate of drug-likeness (QED) is 0.764. The van der Waals surface area contributed by atoms with Crippen LogP contribution in [-0.4, -0.2) is 25.2 Å². The summed E-state index contributed by atoms with van der Waals surface area (Å²) in [5.41, 5.74) is 2.32. The van der Waals surface area contributed by atoms with E-state index in [1.165, 1.54) is 12.7 Å². The minimum atomic E-state index is -0.548. The monoisotopic (exact) mass is 336 g/mol. The van der Waals surface area contributed by atoms with Gasteiger partial charge in [-0.05, 0) is 36.8 Å². The maximum atomic E-state index is 12.4. The number of ether oxygens (including phenoxy) is 1. The van der Waals surface area contributed by atoms with Crippen LogP contribution in [0.1, 0.15) is 24.0 Å². The van der Waals surface area contributed by atoms with E-state index in [4.69, 9.17) is 4.74 Å². The topological polar surface area (TPSA) is 62.1 Å². The second-order valence-corrected chi connectivity index (χ2v) is 5.96. The normalized spacial score (nSPS) is 12.8. The molecule has 0 aliphatic heterocycles. The molecule has 1 amide bonds. The van der Waals surface area contributed by atoms with E-state index in [0.29, 0.717) is 12.8 Å². The maximum Gasteiger partial charge on any atom is 0.250 e. The Labute approximate surface area is 149 Å². The van der Waals surface area contributed by atoms with Crippen molar-refractivity contribution in [1.82, 2.24) is 5.32 Å². The highest BCUT2D eigenvalue weighted by Gasteiger charge is 2.21. The van der Waals surface area contributed by atoms with Gasteiger partial charge in [0.15, 0.2) is 0 Å². The van der Waals surface area contributed by atoms with Crippen LogP contribution in [-0.2, 0) is 22.4 Å². The lowest BCUT2D eigenvalue weighted by Gasteiger charge is -2.18. The molecule has 0 heterocycles. The fourth-order valence-electron chi connectivity index (χ4n) is 2.69. The van der Waals surface area contributed by atoms with E-state index in [9.17, 15) is 10.1 Å². The van der Waals surface area contributed by atoms with Crippen molar-refractivity contribution in [3.63, 3.8) is 0 Å². The SMILES string of the molecule is CO[C@H](CCc1ccccc1)C(=O)N[C@H](C#N)CCc1ccccc1. The minimum absolute atomic E-state index is 0.224. The molecule has 2 aromatic carbocycles. The maximum absolute atomic E-state index is 12.4. The molecule has 0 aliphatic rings. The smallest absolute Gasteiger partial charge is 0.250 e. The molecule has 25 heavy (non-hydrogen) atoms. The number of hydrogen-bond acceptors (Lipinski definition) is 3. The van der Waals surface area contributed by atoms with Gasteiger partial charge < -0.3 is 10.1 Å². The molecule has 0 bridgehead atoms. The fraction of sp³-hybridized carbons (Fsp3) is 0.333. The number of methoxy groups -OCH3 is 1. The molecule has 2 rings (SSSR count). The first-order chi connectivity index (χ1) is 12.2. The van der Waals surface area contributed by atoms with Gasteiger partial charge in [0.1, 0.15) is 12.1 Å². The number of aryl methyl sites for hydroxylation is 2. The Bertz CT molecular complexity index is 680. The molecule has 0 saturated heterocycles. The number of nitriles is 1. The average Bonchev–Trinajstić information content (AvgIpc) is 2.67. The van der Waals surface area contributed by atoms with Crippen LogP contribution in [0.2, 0.25) is 0 Å². The van der Waals surface area contributed by atoms with Crippen LogP contribution < -0.4 is 5.32 Å². The van der Waals surface area contributed by atoms with Crippen molar-refractivity contribution in [3.8, 4) is 6.07 Å². The second-order valence-electron chi connectivity index (χ2n) is 5.96. The van der Waals surface area contributed by atoms with Crippen molar-refractivity contribution in [1.29, 1.82) is 5.26 Å². The Morgan fingerprint density at radius 2 is 1.52 bits per heavy atom. The number of rotatable bonds is 9. The lowest BCUT2D eigenvalue weighted by atomic mass is 10.0. The molecule has 4 heteroatoms. The molecule has 1 N–H and O–H groups in total. The average molecular weight is 336 g/mol. The summed E-state index contributed by atoms with van der Waals surface area (Å²) in [5, 5.41) is 12.1. The van der Waals surface area contributed by atoms with E-state index in [1.807, 2.05) is 60.7 Å². The Kier molecular flexibility index (Phi) is 7.68. The van der Waals surface area contributed by atoms with E-state index in [2.05, 4.69) is 11.4 Å². The van der Waals surface area contributed by atoms with Crippen LogP contribution in [0, 0.1) is 11.3 Å². The number of benzene rings is 2. The van der Waals surface area contributed by atoms with E-state index < -0.39 is 12.1 Å². The zero-order valence-corrected chi connectivity index (χ0v) is 14.5. The number of nitrogens with zero attached hydrogens (tertiary/aromatic N) is 1. The molecule has 0 fully saturated rings. The molecule has 0 unspecified atom stereocenters. The lowest BCUT2D eigenvalue weighted by molar-refractivity contribution is -0.131. The first kappa shape index (κ1) is 18.7. The lowest BCUT2D eigenvalue weighted by Crippen LogP contribution is -2.42. The Morgan fingerprint density at radius 3 is 2.00 bits per heavy atom. The minimum Gasteiger partial charge on any atom is -0.372 e. The summed E-state index contributed by atoms with van der Waals surface area (Å²) in [6.07, 6.45) is 2.13. The predicted octanol–water partition coefficient (Wildman–Crippen LogP) is 3.28. The first-order valence-electron chi connectivity index (χ1n) is 8.53. The molecule has 0 radical (unpaired) electrons. The van der Waals surface area contributed by atoms with Crippen molar-refractivity contribution in [2.45, 2.75) is 37.8 Å². The summed E-state index contributed by atoms with van der Waals surface area (Å²) < 4.78 is 5.32. The zero-order valence-electron chi connectivity index (χ0n) is 14.5. The van der Waals surface area contributed by atoms with Crippen LogP contribution in [0.25, 0.3) is 0 Å². The van der Waals surface area contributed by atoms with Gasteiger partial charge >= 0.3 is 0 Å². The van der Waals surface area contributed by atoms with Crippen LogP contribution >= 0.6 is 0 Å². The number of amides is 1. The van der Waals surface area contributed by atoms with Crippen LogP contribution in [0.3, 0.4) is 0 Å². The summed E-state index contributed by atoms with van der Waals surface area (Å²) in [7, 11) is 1.53. The molecule has 2 aromatic rings. The van der Waals surface area contributed by atoms with Gasteiger partial charge in [-0.1, -0.05) is 60.7 Å². The fourth-order valence-corrected chi connectivity index (χ4v) is 2.69. The van der Waals surface area contributed by atoms with Crippen molar-refractivity contribution >= 4 is 5.91 Å². The Morgan fingerprint density at radius 1 is 1.00 bits per heavy atom. The number of carbonyl (C=O) groups excluding carboxylic acids is 1. The first-order valence-corrected chi connectivity index (χ1v) is 8.53.